The fourth-order valence-electron chi connectivity index (χ4n) is 3.56. The number of carbonyl (C=O) groups excluding carboxylic acids is 1. The maximum absolute atomic E-state index is 13.2. The molecule has 3 aromatic carbocycles. The van der Waals surface area contributed by atoms with Crippen LogP contribution in [0.15, 0.2) is 83.7 Å². The maximum Gasteiger partial charge on any atom is 0.387 e. The van der Waals surface area contributed by atoms with E-state index in [1.54, 1.807) is 55.1 Å². The summed E-state index contributed by atoms with van der Waals surface area (Å²) >= 11 is 0. The molecular formula is C25H22F2N4O3. The lowest BCUT2D eigenvalue weighted by Gasteiger charge is -2.12. The molecule has 1 aromatic heterocycles. The highest BCUT2D eigenvalue weighted by Gasteiger charge is 2.20. The molecule has 1 amide bonds. The monoisotopic (exact) mass is 464 g/mol. The molecule has 0 aliphatic carbocycles. The van der Waals surface area contributed by atoms with E-state index in [2.05, 4.69) is 15.4 Å². The van der Waals surface area contributed by atoms with Gasteiger partial charge in [0.25, 0.3) is 11.5 Å². The third-order valence-electron chi connectivity index (χ3n) is 5.32. The fourth-order valence-corrected chi connectivity index (χ4v) is 3.56. The number of hydrogen-bond acceptors (Lipinski definition) is 4. The maximum atomic E-state index is 13.2. The molecule has 9 heteroatoms. The van der Waals surface area contributed by atoms with E-state index in [4.69, 9.17) is 0 Å². The van der Waals surface area contributed by atoms with Crippen molar-refractivity contribution in [2.45, 2.75) is 13.5 Å². The lowest BCUT2D eigenvalue weighted by atomic mass is 10.1. The number of benzene rings is 3. The van der Waals surface area contributed by atoms with Gasteiger partial charge >= 0.3 is 6.61 Å². The molecule has 0 radical (unpaired) electrons. The van der Waals surface area contributed by atoms with Gasteiger partial charge in [-0.1, -0.05) is 30.3 Å². The van der Waals surface area contributed by atoms with Crippen molar-refractivity contribution >= 4 is 23.0 Å². The molecule has 0 fully saturated rings. The Morgan fingerprint density at radius 2 is 1.59 bits per heavy atom. The summed E-state index contributed by atoms with van der Waals surface area (Å²) in [5, 5.41) is 5.85. The number of hydrogen-bond donors (Lipinski definition) is 2. The first-order valence-corrected chi connectivity index (χ1v) is 10.4. The molecule has 0 aliphatic rings. The fraction of sp³-hybridized carbons (Fsp3) is 0.120. The van der Waals surface area contributed by atoms with Crippen LogP contribution in [-0.4, -0.2) is 21.9 Å². The van der Waals surface area contributed by atoms with Gasteiger partial charge in [-0.2, -0.15) is 8.78 Å². The highest BCUT2D eigenvalue weighted by molar-refractivity contribution is 6.08. The number of para-hydroxylation sites is 2. The normalized spacial score (nSPS) is 10.9. The van der Waals surface area contributed by atoms with Gasteiger partial charge in [0.05, 0.1) is 22.6 Å². The second kappa shape index (κ2) is 9.62. The van der Waals surface area contributed by atoms with Crippen molar-refractivity contribution in [1.29, 1.82) is 0 Å². The SMILES string of the molecule is Cc1c(NC(=O)c2ccccc2Nc2ccc(OC(F)F)cc2)c(=O)n(-c2ccccc2)n1C. The number of nitrogens with one attached hydrogen (secondary N) is 2. The lowest BCUT2D eigenvalue weighted by molar-refractivity contribution is -0.0498. The summed E-state index contributed by atoms with van der Waals surface area (Å²) in [6, 6.07) is 21.9. The number of ether oxygens (including phenoxy) is 1. The van der Waals surface area contributed by atoms with Crippen molar-refractivity contribution in [1.82, 2.24) is 9.36 Å². The van der Waals surface area contributed by atoms with Crippen LogP contribution in [0.5, 0.6) is 5.75 Å². The van der Waals surface area contributed by atoms with Crippen LogP contribution in [0, 0.1) is 6.92 Å². The second-order valence-corrected chi connectivity index (χ2v) is 7.46. The Bertz CT molecular complexity index is 1360. The van der Waals surface area contributed by atoms with Crippen LogP contribution in [0.4, 0.5) is 25.8 Å². The number of anilines is 3. The minimum atomic E-state index is -2.91. The molecule has 34 heavy (non-hydrogen) atoms. The zero-order chi connectivity index (χ0) is 24.2. The second-order valence-electron chi connectivity index (χ2n) is 7.46. The zero-order valence-corrected chi connectivity index (χ0v) is 18.5. The molecule has 0 aliphatic heterocycles. The van der Waals surface area contributed by atoms with Crippen molar-refractivity contribution in [3.63, 3.8) is 0 Å². The minimum Gasteiger partial charge on any atom is -0.435 e. The van der Waals surface area contributed by atoms with Gasteiger partial charge in [0, 0.05) is 12.7 Å². The number of nitrogens with zero attached hydrogens (tertiary/aromatic N) is 2. The largest absolute Gasteiger partial charge is 0.435 e. The molecule has 0 atom stereocenters. The Hall–Kier alpha value is -4.40. The minimum absolute atomic E-state index is 0.0285. The Balaban J connectivity index is 1.59. The molecule has 0 unspecified atom stereocenters. The first-order valence-electron chi connectivity index (χ1n) is 10.4. The highest BCUT2D eigenvalue weighted by atomic mass is 19.3. The summed E-state index contributed by atoms with van der Waals surface area (Å²) in [5.74, 6) is -0.437. The third kappa shape index (κ3) is 4.68. The molecule has 0 bridgehead atoms. The van der Waals surface area contributed by atoms with Crippen molar-refractivity contribution in [2.75, 3.05) is 10.6 Å². The van der Waals surface area contributed by atoms with E-state index < -0.39 is 12.5 Å². The van der Waals surface area contributed by atoms with Gasteiger partial charge < -0.3 is 15.4 Å². The van der Waals surface area contributed by atoms with E-state index in [1.807, 2.05) is 30.3 Å². The van der Waals surface area contributed by atoms with Crippen LogP contribution in [0.25, 0.3) is 5.69 Å². The first-order chi connectivity index (χ1) is 16.3. The van der Waals surface area contributed by atoms with E-state index in [0.717, 1.165) is 0 Å². The standard InChI is InChI=1S/C25H22F2N4O3/c1-16-22(24(33)31(30(16)2)18-8-4-3-5-9-18)29-23(32)20-10-6-7-11-21(20)28-17-12-14-19(15-13-17)34-25(26)27/h3-15,25,28H,1-2H3,(H,29,32). The van der Waals surface area contributed by atoms with Crippen molar-refractivity contribution in [2.24, 2.45) is 7.05 Å². The van der Waals surface area contributed by atoms with Crippen LogP contribution < -0.4 is 20.9 Å². The number of rotatable bonds is 7. The summed E-state index contributed by atoms with van der Waals surface area (Å²) in [7, 11) is 1.75. The topological polar surface area (TPSA) is 77.3 Å². The Kier molecular flexibility index (Phi) is 6.44. The molecule has 4 rings (SSSR count). The van der Waals surface area contributed by atoms with Crippen LogP contribution in [0.3, 0.4) is 0 Å². The molecule has 7 nitrogen and oxygen atoms in total. The van der Waals surface area contributed by atoms with Crippen LogP contribution in [0.1, 0.15) is 16.1 Å². The molecule has 0 spiro atoms. The number of carbonyl (C=O) groups is 1. The van der Waals surface area contributed by atoms with Crippen molar-refractivity contribution < 1.29 is 18.3 Å². The summed E-state index contributed by atoms with van der Waals surface area (Å²) in [5.41, 5.74) is 2.48. The molecule has 0 saturated heterocycles. The van der Waals surface area contributed by atoms with Gasteiger partial charge in [0.15, 0.2) is 0 Å². The van der Waals surface area contributed by atoms with E-state index in [9.17, 15) is 18.4 Å². The number of aromatic nitrogens is 2. The first kappa shape index (κ1) is 22.8. The van der Waals surface area contributed by atoms with Crippen LogP contribution in [-0.2, 0) is 7.05 Å². The predicted octanol–water partition coefficient (Wildman–Crippen LogP) is 5.08. The molecule has 0 saturated carbocycles. The van der Waals surface area contributed by atoms with E-state index in [-0.39, 0.29) is 17.0 Å². The van der Waals surface area contributed by atoms with Gasteiger partial charge in [0.1, 0.15) is 11.4 Å². The van der Waals surface area contributed by atoms with Gasteiger partial charge in [-0.05, 0) is 55.5 Å². The Morgan fingerprint density at radius 1 is 0.941 bits per heavy atom. The number of amides is 1. The zero-order valence-electron chi connectivity index (χ0n) is 18.5. The molecular weight excluding hydrogens is 442 g/mol. The summed E-state index contributed by atoms with van der Waals surface area (Å²) in [6.45, 7) is -1.15. The summed E-state index contributed by atoms with van der Waals surface area (Å²) < 4.78 is 32.2. The van der Waals surface area contributed by atoms with Gasteiger partial charge in [-0.15, -0.1) is 0 Å². The molecule has 2 N–H and O–H groups in total. The van der Waals surface area contributed by atoms with E-state index in [0.29, 0.717) is 28.3 Å². The summed E-state index contributed by atoms with van der Waals surface area (Å²) in [6.07, 6.45) is 0. The average Bonchev–Trinajstić information content (AvgIpc) is 3.04. The number of halogens is 2. The molecule has 4 aromatic rings. The number of alkyl halides is 2. The van der Waals surface area contributed by atoms with Crippen molar-refractivity contribution in [3.8, 4) is 11.4 Å². The van der Waals surface area contributed by atoms with E-state index in [1.165, 1.54) is 16.8 Å². The Labute approximate surface area is 194 Å². The molecule has 174 valence electrons. The highest BCUT2D eigenvalue weighted by Crippen LogP contribution is 2.25. The predicted molar refractivity (Wildman–Crippen MR) is 126 cm³/mol. The Morgan fingerprint density at radius 3 is 2.26 bits per heavy atom. The summed E-state index contributed by atoms with van der Waals surface area (Å²) in [4.78, 5) is 26.3. The van der Waals surface area contributed by atoms with Crippen LogP contribution in [0.2, 0.25) is 0 Å². The molecule has 1 heterocycles. The smallest absolute Gasteiger partial charge is 0.387 e. The lowest BCUT2D eigenvalue weighted by Crippen LogP contribution is -2.23. The third-order valence-corrected chi connectivity index (χ3v) is 5.32. The average molecular weight is 464 g/mol. The van der Waals surface area contributed by atoms with E-state index >= 15 is 0 Å². The quantitative estimate of drug-likeness (QED) is 0.400. The van der Waals surface area contributed by atoms with Crippen molar-refractivity contribution in [3.05, 3.63) is 100 Å². The van der Waals surface area contributed by atoms with Gasteiger partial charge in [0.2, 0.25) is 0 Å². The van der Waals surface area contributed by atoms with Gasteiger partial charge in [-0.25, -0.2) is 4.68 Å². The van der Waals surface area contributed by atoms with Gasteiger partial charge in [-0.3, -0.25) is 14.3 Å². The van der Waals surface area contributed by atoms with Crippen LogP contribution >= 0.6 is 0 Å².